The smallest absolute Gasteiger partial charge is 0.129 e. The summed E-state index contributed by atoms with van der Waals surface area (Å²) in [6.45, 7) is 0.782. The minimum absolute atomic E-state index is 0.0721. The van der Waals surface area contributed by atoms with Crippen LogP contribution in [0.2, 0.25) is 0 Å². The van der Waals surface area contributed by atoms with Crippen molar-refractivity contribution in [3.05, 3.63) is 29.6 Å². The Kier molecular flexibility index (Phi) is 4.17. The molecule has 2 aliphatic carbocycles. The number of hydrogen-bond donors (Lipinski definition) is 1. The maximum absolute atomic E-state index is 14.5. The molecule has 22 heavy (non-hydrogen) atoms. The quantitative estimate of drug-likeness (QED) is 0.928. The van der Waals surface area contributed by atoms with Gasteiger partial charge < -0.3 is 14.7 Å². The lowest BCUT2D eigenvalue weighted by molar-refractivity contribution is -0.0913. The lowest BCUT2D eigenvalue weighted by atomic mass is 9.65. The number of ether oxygens (including phenoxy) is 1. The van der Waals surface area contributed by atoms with E-state index < -0.39 is 5.60 Å². The van der Waals surface area contributed by atoms with Crippen molar-refractivity contribution in [2.45, 2.75) is 31.3 Å². The summed E-state index contributed by atoms with van der Waals surface area (Å²) in [6, 6.07) is 4.71. The molecule has 122 valence electrons. The van der Waals surface area contributed by atoms with Crippen LogP contribution in [-0.4, -0.2) is 37.8 Å². The minimum Gasteiger partial charge on any atom is -0.497 e. The first kappa shape index (κ1) is 15.8. The normalized spacial score (nSPS) is 34.2. The lowest BCUT2D eigenvalue weighted by Crippen LogP contribution is -2.47. The van der Waals surface area contributed by atoms with Crippen molar-refractivity contribution >= 4 is 0 Å². The molecule has 0 saturated heterocycles. The molecular weight excluding hydrogens is 281 g/mol. The highest BCUT2D eigenvalue weighted by molar-refractivity contribution is 5.35. The average molecular weight is 307 g/mol. The number of rotatable bonds is 4. The Morgan fingerprint density at radius 3 is 2.82 bits per heavy atom. The van der Waals surface area contributed by atoms with Gasteiger partial charge in [-0.3, -0.25) is 0 Å². The van der Waals surface area contributed by atoms with Gasteiger partial charge in [0.25, 0.3) is 0 Å². The third kappa shape index (κ3) is 2.63. The van der Waals surface area contributed by atoms with Crippen LogP contribution in [0.15, 0.2) is 18.2 Å². The van der Waals surface area contributed by atoms with Crippen molar-refractivity contribution in [3.8, 4) is 5.75 Å². The van der Waals surface area contributed by atoms with Gasteiger partial charge in [0.1, 0.15) is 11.6 Å². The fraction of sp³-hybridized carbons (Fsp3) is 0.667. The van der Waals surface area contributed by atoms with E-state index >= 15 is 0 Å². The number of nitrogens with zero attached hydrogens (tertiary/aromatic N) is 1. The summed E-state index contributed by atoms with van der Waals surface area (Å²) in [5.74, 6) is 1.35. The minimum atomic E-state index is -1.09. The van der Waals surface area contributed by atoms with Crippen LogP contribution in [0.5, 0.6) is 5.75 Å². The zero-order valence-electron chi connectivity index (χ0n) is 13.7. The third-order valence-corrected chi connectivity index (χ3v) is 5.57. The van der Waals surface area contributed by atoms with Crippen LogP contribution in [-0.2, 0) is 5.60 Å². The van der Waals surface area contributed by atoms with Gasteiger partial charge in [0.2, 0.25) is 0 Å². The zero-order valence-corrected chi connectivity index (χ0v) is 13.7. The highest BCUT2D eigenvalue weighted by Gasteiger charge is 2.52. The molecule has 0 radical (unpaired) electrons. The van der Waals surface area contributed by atoms with Gasteiger partial charge in [-0.25, -0.2) is 4.39 Å². The van der Waals surface area contributed by atoms with E-state index in [0.717, 1.165) is 19.4 Å². The van der Waals surface area contributed by atoms with E-state index in [1.165, 1.54) is 12.5 Å². The Hall–Kier alpha value is -1.13. The monoisotopic (exact) mass is 307 g/mol. The predicted molar refractivity (Wildman–Crippen MR) is 84.3 cm³/mol. The van der Waals surface area contributed by atoms with Gasteiger partial charge in [-0.1, -0.05) is 6.42 Å². The fourth-order valence-electron chi connectivity index (χ4n) is 4.61. The molecular formula is C18H26FNO2. The molecule has 2 saturated carbocycles. The molecule has 1 aromatic rings. The molecule has 0 spiro atoms. The zero-order chi connectivity index (χ0) is 15.9. The second-order valence-electron chi connectivity index (χ2n) is 7.28. The van der Waals surface area contributed by atoms with Crippen LogP contribution in [0.3, 0.4) is 0 Å². The first-order valence-corrected chi connectivity index (χ1v) is 8.15. The molecule has 3 nitrogen and oxygen atoms in total. The maximum Gasteiger partial charge on any atom is 0.129 e. The molecule has 3 rings (SSSR count). The Labute approximate surface area is 132 Å². The van der Waals surface area contributed by atoms with Crippen LogP contribution in [0.1, 0.15) is 31.2 Å². The standard InChI is InChI=1S/C18H26FNO2/c1-20(2)11-16-13-5-4-12(8-13)10-18(16,21)15-9-14(22-3)6-7-17(15)19/h6-7,9,12-13,16,21H,4-5,8,10-11H2,1-3H3/t12-,13+,16-,18-/m0/s1. The molecule has 0 unspecified atom stereocenters. The van der Waals surface area contributed by atoms with Gasteiger partial charge in [-0.05, 0) is 63.4 Å². The van der Waals surface area contributed by atoms with Crippen molar-refractivity contribution in [2.75, 3.05) is 27.7 Å². The van der Waals surface area contributed by atoms with E-state index in [4.69, 9.17) is 4.74 Å². The van der Waals surface area contributed by atoms with E-state index in [2.05, 4.69) is 4.90 Å². The molecule has 0 amide bonds. The number of aliphatic hydroxyl groups is 1. The van der Waals surface area contributed by atoms with E-state index in [-0.39, 0.29) is 11.7 Å². The van der Waals surface area contributed by atoms with Gasteiger partial charge in [0.15, 0.2) is 0 Å². The van der Waals surface area contributed by atoms with Crippen LogP contribution in [0.4, 0.5) is 4.39 Å². The average Bonchev–Trinajstić information content (AvgIpc) is 2.87. The van der Waals surface area contributed by atoms with Crippen molar-refractivity contribution in [1.82, 2.24) is 4.90 Å². The van der Waals surface area contributed by atoms with Crippen molar-refractivity contribution in [3.63, 3.8) is 0 Å². The molecule has 4 heteroatoms. The topological polar surface area (TPSA) is 32.7 Å². The molecule has 0 aromatic heterocycles. The van der Waals surface area contributed by atoms with Crippen molar-refractivity contribution in [1.29, 1.82) is 0 Å². The molecule has 0 aliphatic heterocycles. The second kappa shape index (κ2) is 5.82. The molecule has 0 heterocycles. The van der Waals surface area contributed by atoms with E-state index in [1.54, 1.807) is 19.2 Å². The largest absolute Gasteiger partial charge is 0.497 e. The molecule has 4 atom stereocenters. The molecule has 2 bridgehead atoms. The summed E-state index contributed by atoms with van der Waals surface area (Å²) < 4.78 is 19.7. The fourth-order valence-corrected chi connectivity index (χ4v) is 4.61. The summed E-state index contributed by atoms with van der Waals surface area (Å²) >= 11 is 0. The Balaban J connectivity index is 2.04. The summed E-state index contributed by atoms with van der Waals surface area (Å²) in [5.41, 5.74) is -0.678. The number of hydrogen-bond acceptors (Lipinski definition) is 3. The number of fused-ring (bicyclic) bond motifs is 2. The summed E-state index contributed by atoms with van der Waals surface area (Å²) in [7, 11) is 5.61. The van der Waals surface area contributed by atoms with Crippen molar-refractivity contribution < 1.29 is 14.2 Å². The third-order valence-electron chi connectivity index (χ3n) is 5.57. The second-order valence-corrected chi connectivity index (χ2v) is 7.28. The number of benzene rings is 1. The Bertz CT molecular complexity index is 548. The SMILES string of the molecule is COc1ccc(F)c([C@@]2(O)C[C@H]3CC[C@H](C3)[C@@H]2CN(C)C)c1. The van der Waals surface area contributed by atoms with Gasteiger partial charge >= 0.3 is 0 Å². The molecule has 2 fully saturated rings. The highest BCUT2D eigenvalue weighted by atomic mass is 19.1. The van der Waals surface area contributed by atoms with Crippen LogP contribution in [0, 0.1) is 23.6 Å². The Morgan fingerprint density at radius 1 is 1.36 bits per heavy atom. The molecule has 2 aliphatic rings. The molecule has 1 aromatic carbocycles. The van der Waals surface area contributed by atoms with E-state index in [0.29, 0.717) is 29.6 Å². The summed E-state index contributed by atoms with van der Waals surface area (Å²) in [5, 5.41) is 11.5. The number of halogens is 1. The highest BCUT2D eigenvalue weighted by Crippen LogP contribution is 2.54. The Morgan fingerprint density at radius 2 is 2.14 bits per heavy atom. The van der Waals surface area contributed by atoms with E-state index in [1.807, 2.05) is 14.1 Å². The lowest BCUT2D eigenvalue weighted by Gasteiger charge is -2.45. The first-order chi connectivity index (χ1) is 10.4. The summed E-state index contributed by atoms with van der Waals surface area (Å²) in [6.07, 6.45) is 4.14. The van der Waals surface area contributed by atoms with Gasteiger partial charge in [-0.2, -0.15) is 0 Å². The van der Waals surface area contributed by atoms with Gasteiger partial charge in [0.05, 0.1) is 12.7 Å². The predicted octanol–water partition coefficient (Wildman–Crippen LogP) is 3.02. The van der Waals surface area contributed by atoms with Crippen LogP contribution < -0.4 is 4.74 Å². The van der Waals surface area contributed by atoms with Crippen molar-refractivity contribution in [2.24, 2.45) is 17.8 Å². The van der Waals surface area contributed by atoms with Crippen LogP contribution >= 0.6 is 0 Å². The molecule has 1 N–H and O–H groups in total. The van der Waals surface area contributed by atoms with Crippen LogP contribution in [0.25, 0.3) is 0 Å². The first-order valence-electron chi connectivity index (χ1n) is 8.15. The van der Waals surface area contributed by atoms with Gasteiger partial charge in [0, 0.05) is 18.0 Å². The summed E-state index contributed by atoms with van der Waals surface area (Å²) in [4.78, 5) is 2.10. The van der Waals surface area contributed by atoms with E-state index in [9.17, 15) is 9.50 Å². The van der Waals surface area contributed by atoms with Gasteiger partial charge in [-0.15, -0.1) is 0 Å². The maximum atomic E-state index is 14.5. The number of methoxy groups -OCH3 is 1.